The van der Waals surface area contributed by atoms with Gasteiger partial charge in [-0.05, 0) is 49.2 Å². The standard InChI is InChI=1S/C20H21N3O2/c1-25-17-7-4-6-15(12-17)18-8-5-10-22(18)14-16-13-20(24)23-11-3-2-9-19(23)21-16/h2-4,6-7,9,11-13,18H,5,8,10,14H2,1H3/t18-/m1/s1. The van der Waals surface area contributed by atoms with Gasteiger partial charge in [-0.25, -0.2) is 4.98 Å². The van der Waals surface area contributed by atoms with E-state index in [0.29, 0.717) is 18.2 Å². The van der Waals surface area contributed by atoms with E-state index in [1.54, 1.807) is 23.8 Å². The second kappa shape index (κ2) is 6.69. The van der Waals surface area contributed by atoms with Gasteiger partial charge in [0.15, 0.2) is 0 Å². The molecular formula is C20H21N3O2. The van der Waals surface area contributed by atoms with E-state index in [1.165, 1.54) is 5.56 Å². The predicted octanol–water partition coefficient (Wildman–Crippen LogP) is 3.04. The number of hydrogen-bond donors (Lipinski definition) is 0. The van der Waals surface area contributed by atoms with Crippen LogP contribution in [0.1, 0.15) is 30.1 Å². The Hall–Kier alpha value is -2.66. The van der Waals surface area contributed by atoms with Gasteiger partial charge < -0.3 is 4.74 Å². The largest absolute Gasteiger partial charge is 0.497 e. The molecule has 25 heavy (non-hydrogen) atoms. The van der Waals surface area contributed by atoms with Crippen molar-refractivity contribution in [1.29, 1.82) is 0 Å². The third kappa shape index (κ3) is 3.15. The van der Waals surface area contributed by atoms with E-state index in [1.807, 2.05) is 30.3 Å². The van der Waals surface area contributed by atoms with Gasteiger partial charge in [0.25, 0.3) is 5.56 Å². The summed E-state index contributed by atoms with van der Waals surface area (Å²) in [6.07, 6.45) is 4.01. The maximum atomic E-state index is 12.3. The number of benzene rings is 1. The lowest BCUT2D eigenvalue weighted by atomic mass is 10.0. The molecule has 1 fully saturated rings. The van der Waals surface area contributed by atoms with Crippen LogP contribution in [-0.2, 0) is 6.54 Å². The molecule has 3 aromatic rings. The summed E-state index contributed by atoms with van der Waals surface area (Å²) in [6, 6.07) is 15.9. The van der Waals surface area contributed by atoms with Gasteiger partial charge in [-0.2, -0.15) is 0 Å². The Balaban J connectivity index is 1.62. The van der Waals surface area contributed by atoms with Crippen LogP contribution in [0.25, 0.3) is 5.65 Å². The Morgan fingerprint density at radius 1 is 1.20 bits per heavy atom. The van der Waals surface area contributed by atoms with Crippen LogP contribution in [0, 0.1) is 0 Å². The van der Waals surface area contributed by atoms with Crippen molar-refractivity contribution in [2.24, 2.45) is 0 Å². The van der Waals surface area contributed by atoms with E-state index >= 15 is 0 Å². The van der Waals surface area contributed by atoms with E-state index in [4.69, 9.17) is 4.74 Å². The zero-order valence-electron chi connectivity index (χ0n) is 14.3. The number of pyridine rings is 1. The first-order valence-corrected chi connectivity index (χ1v) is 8.60. The van der Waals surface area contributed by atoms with Gasteiger partial charge in [0.1, 0.15) is 11.4 Å². The molecule has 4 rings (SSSR count). The number of rotatable bonds is 4. The van der Waals surface area contributed by atoms with E-state index in [9.17, 15) is 4.79 Å². The summed E-state index contributed by atoms with van der Waals surface area (Å²) in [5, 5.41) is 0. The molecule has 0 unspecified atom stereocenters. The Morgan fingerprint density at radius 3 is 3.00 bits per heavy atom. The number of fused-ring (bicyclic) bond motifs is 1. The molecule has 0 aliphatic carbocycles. The lowest BCUT2D eigenvalue weighted by Crippen LogP contribution is -2.25. The molecule has 3 heterocycles. The van der Waals surface area contributed by atoms with Crippen molar-refractivity contribution >= 4 is 5.65 Å². The van der Waals surface area contributed by atoms with Gasteiger partial charge in [-0.15, -0.1) is 0 Å². The summed E-state index contributed by atoms with van der Waals surface area (Å²) in [6.45, 7) is 1.69. The summed E-state index contributed by atoms with van der Waals surface area (Å²) >= 11 is 0. The summed E-state index contributed by atoms with van der Waals surface area (Å²) in [4.78, 5) is 19.4. The molecular weight excluding hydrogens is 314 g/mol. The Labute approximate surface area is 146 Å². The number of likely N-dealkylation sites (tertiary alicyclic amines) is 1. The van der Waals surface area contributed by atoms with Crippen LogP contribution >= 0.6 is 0 Å². The van der Waals surface area contributed by atoms with Crippen LogP contribution in [0.5, 0.6) is 5.75 Å². The van der Waals surface area contributed by atoms with Crippen LogP contribution in [0.15, 0.2) is 59.5 Å². The second-order valence-electron chi connectivity index (χ2n) is 6.42. The summed E-state index contributed by atoms with van der Waals surface area (Å²) in [7, 11) is 1.69. The fourth-order valence-electron chi connectivity index (χ4n) is 3.63. The van der Waals surface area contributed by atoms with E-state index in [-0.39, 0.29) is 5.56 Å². The molecule has 1 saturated heterocycles. The van der Waals surface area contributed by atoms with Crippen molar-refractivity contribution in [1.82, 2.24) is 14.3 Å². The smallest absolute Gasteiger partial charge is 0.258 e. The Kier molecular flexibility index (Phi) is 4.24. The highest BCUT2D eigenvalue weighted by atomic mass is 16.5. The zero-order chi connectivity index (χ0) is 17.2. The minimum atomic E-state index is -0.0299. The number of hydrogen-bond acceptors (Lipinski definition) is 4. The summed E-state index contributed by atoms with van der Waals surface area (Å²) < 4.78 is 6.93. The van der Waals surface area contributed by atoms with Gasteiger partial charge >= 0.3 is 0 Å². The Morgan fingerprint density at radius 2 is 2.12 bits per heavy atom. The highest BCUT2D eigenvalue weighted by Gasteiger charge is 2.26. The van der Waals surface area contributed by atoms with Crippen LogP contribution in [0.3, 0.4) is 0 Å². The first-order valence-electron chi connectivity index (χ1n) is 8.60. The molecule has 1 aliphatic rings. The highest BCUT2D eigenvalue weighted by Crippen LogP contribution is 2.34. The third-order valence-electron chi connectivity index (χ3n) is 4.83. The minimum Gasteiger partial charge on any atom is -0.497 e. The maximum Gasteiger partial charge on any atom is 0.258 e. The molecule has 0 N–H and O–H groups in total. The molecule has 5 nitrogen and oxygen atoms in total. The van der Waals surface area contributed by atoms with Crippen LogP contribution < -0.4 is 10.3 Å². The van der Waals surface area contributed by atoms with Crippen molar-refractivity contribution < 1.29 is 4.74 Å². The molecule has 0 saturated carbocycles. The van der Waals surface area contributed by atoms with Gasteiger partial charge in [0.2, 0.25) is 0 Å². The fourth-order valence-corrected chi connectivity index (χ4v) is 3.63. The normalized spacial score (nSPS) is 17.9. The molecule has 5 heteroatoms. The van der Waals surface area contributed by atoms with Crippen molar-refractivity contribution in [2.75, 3.05) is 13.7 Å². The van der Waals surface area contributed by atoms with E-state index in [0.717, 1.165) is 30.8 Å². The first kappa shape index (κ1) is 15.8. The monoisotopic (exact) mass is 335 g/mol. The van der Waals surface area contributed by atoms with Gasteiger partial charge in [0.05, 0.1) is 12.8 Å². The van der Waals surface area contributed by atoms with Gasteiger partial charge in [-0.3, -0.25) is 14.1 Å². The van der Waals surface area contributed by atoms with Gasteiger partial charge in [0, 0.05) is 24.8 Å². The maximum absolute atomic E-state index is 12.3. The minimum absolute atomic E-state index is 0.0299. The highest BCUT2D eigenvalue weighted by molar-refractivity contribution is 5.38. The third-order valence-corrected chi connectivity index (χ3v) is 4.83. The molecule has 0 amide bonds. The molecule has 1 aliphatic heterocycles. The van der Waals surface area contributed by atoms with E-state index < -0.39 is 0 Å². The predicted molar refractivity (Wildman–Crippen MR) is 96.8 cm³/mol. The van der Waals surface area contributed by atoms with Crippen molar-refractivity contribution in [3.8, 4) is 5.75 Å². The lowest BCUT2D eigenvalue weighted by Gasteiger charge is -2.24. The molecule has 128 valence electrons. The molecule has 1 atom stereocenters. The molecule has 1 aromatic carbocycles. The van der Waals surface area contributed by atoms with Crippen molar-refractivity contribution in [3.05, 3.63) is 76.3 Å². The zero-order valence-corrected chi connectivity index (χ0v) is 14.3. The Bertz CT molecular complexity index is 951. The summed E-state index contributed by atoms with van der Waals surface area (Å²) in [5.74, 6) is 0.881. The SMILES string of the molecule is COc1cccc([C@H]2CCCN2Cc2cc(=O)n3ccccc3n2)c1. The topological polar surface area (TPSA) is 46.8 Å². The number of aromatic nitrogens is 2. The van der Waals surface area contributed by atoms with Gasteiger partial charge in [-0.1, -0.05) is 18.2 Å². The quantitative estimate of drug-likeness (QED) is 0.735. The van der Waals surface area contributed by atoms with Crippen molar-refractivity contribution in [3.63, 3.8) is 0 Å². The molecule has 0 bridgehead atoms. The number of methoxy groups -OCH3 is 1. The number of ether oxygens (including phenoxy) is 1. The molecule has 0 spiro atoms. The first-order chi connectivity index (χ1) is 12.2. The molecule has 2 aromatic heterocycles. The molecule has 0 radical (unpaired) electrons. The fraction of sp³-hybridized carbons (Fsp3) is 0.300. The van der Waals surface area contributed by atoms with Crippen molar-refractivity contribution in [2.45, 2.75) is 25.4 Å². The average Bonchev–Trinajstić information content (AvgIpc) is 3.10. The lowest BCUT2D eigenvalue weighted by molar-refractivity contribution is 0.245. The van der Waals surface area contributed by atoms with Crippen LogP contribution in [0.4, 0.5) is 0 Å². The van der Waals surface area contributed by atoms with E-state index in [2.05, 4.69) is 22.0 Å². The summed E-state index contributed by atoms with van der Waals surface area (Å²) in [5.41, 5.74) is 2.75. The average molecular weight is 335 g/mol. The van der Waals surface area contributed by atoms with Crippen LogP contribution in [-0.4, -0.2) is 27.9 Å². The van der Waals surface area contributed by atoms with Crippen LogP contribution in [0.2, 0.25) is 0 Å². The second-order valence-corrected chi connectivity index (χ2v) is 6.42. The number of nitrogens with zero attached hydrogens (tertiary/aromatic N) is 3.